The molecule has 2 N–H and O–H groups in total. The Kier molecular flexibility index (Phi) is 2.33. The Balaban J connectivity index is 2.49. The average molecular weight is 193 g/mol. The summed E-state index contributed by atoms with van der Waals surface area (Å²) in [5.41, 5.74) is 9.24. The molecule has 0 atom stereocenters. The fourth-order valence-corrected chi connectivity index (χ4v) is 1.78. The van der Waals surface area contributed by atoms with Crippen molar-refractivity contribution in [3.05, 3.63) is 22.8 Å². The monoisotopic (exact) mass is 193 g/mol. The van der Waals surface area contributed by atoms with Crippen LogP contribution in [0.5, 0.6) is 11.5 Å². The molecule has 0 saturated heterocycles. The summed E-state index contributed by atoms with van der Waals surface area (Å²) in [4.78, 5) is 0. The number of nitrogens with two attached hydrogens (primary N) is 1. The highest BCUT2D eigenvalue weighted by atomic mass is 16.7. The van der Waals surface area contributed by atoms with Crippen LogP contribution >= 0.6 is 0 Å². The highest BCUT2D eigenvalue weighted by Gasteiger charge is 2.19. The van der Waals surface area contributed by atoms with Gasteiger partial charge < -0.3 is 15.2 Å². The molecule has 1 heterocycles. The molecule has 2 rings (SSSR count). The minimum absolute atomic E-state index is 0.335. The van der Waals surface area contributed by atoms with Gasteiger partial charge >= 0.3 is 0 Å². The van der Waals surface area contributed by atoms with E-state index < -0.39 is 0 Å². The van der Waals surface area contributed by atoms with Gasteiger partial charge in [-0.1, -0.05) is 0 Å². The number of hydrogen-bond donors (Lipinski definition) is 1. The molecule has 76 valence electrons. The first kappa shape index (κ1) is 9.34. The van der Waals surface area contributed by atoms with E-state index in [-0.39, 0.29) is 0 Å². The van der Waals surface area contributed by atoms with E-state index in [4.69, 9.17) is 15.2 Å². The first-order valence-corrected chi connectivity index (χ1v) is 4.82. The third-order valence-electron chi connectivity index (χ3n) is 2.75. The lowest BCUT2D eigenvalue weighted by Crippen LogP contribution is -2.05. The molecule has 3 heteroatoms. The van der Waals surface area contributed by atoms with Gasteiger partial charge in [0.2, 0.25) is 6.79 Å². The van der Waals surface area contributed by atoms with E-state index in [0.717, 1.165) is 17.9 Å². The number of hydrogen-bond acceptors (Lipinski definition) is 3. The Morgan fingerprint density at radius 2 is 2.07 bits per heavy atom. The van der Waals surface area contributed by atoms with Crippen LogP contribution in [0.25, 0.3) is 0 Å². The number of rotatable bonds is 2. The molecule has 1 aromatic carbocycles. The minimum Gasteiger partial charge on any atom is -0.454 e. The molecule has 0 unspecified atom stereocenters. The van der Waals surface area contributed by atoms with Gasteiger partial charge in [0.25, 0.3) is 0 Å². The van der Waals surface area contributed by atoms with Gasteiger partial charge in [-0.05, 0) is 49.6 Å². The number of fused-ring (bicyclic) bond motifs is 1. The molecule has 1 aliphatic heterocycles. The van der Waals surface area contributed by atoms with E-state index in [2.05, 4.69) is 13.8 Å². The predicted molar refractivity (Wildman–Crippen MR) is 54.8 cm³/mol. The maximum absolute atomic E-state index is 5.55. The summed E-state index contributed by atoms with van der Waals surface area (Å²) < 4.78 is 10.7. The molecule has 14 heavy (non-hydrogen) atoms. The highest BCUT2D eigenvalue weighted by Crippen LogP contribution is 2.38. The van der Waals surface area contributed by atoms with E-state index in [1.54, 1.807) is 0 Å². The van der Waals surface area contributed by atoms with Crippen LogP contribution in [0, 0.1) is 13.8 Å². The first-order chi connectivity index (χ1) is 6.74. The zero-order valence-electron chi connectivity index (χ0n) is 8.59. The summed E-state index contributed by atoms with van der Waals surface area (Å²) in [7, 11) is 0. The summed E-state index contributed by atoms with van der Waals surface area (Å²) in [5.74, 6) is 1.75. The van der Waals surface area contributed by atoms with Gasteiger partial charge in [0.15, 0.2) is 11.5 Å². The smallest absolute Gasteiger partial charge is 0.231 e. The van der Waals surface area contributed by atoms with E-state index >= 15 is 0 Å². The number of benzene rings is 1. The van der Waals surface area contributed by atoms with Gasteiger partial charge in [-0.15, -0.1) is 0 Å². The highest BCUT2D eigenvalue weighted by molar-refractivity contribution is 5.54. The van der Waals surface area contributed by atoms with Crippen molar-refractivity contribution >= 4 is 0 Å². The van der Waals surface area contributed by atoms with Crippen molar-refractivity contribution in [1.29, 1.82) is 0 Å². The molecular weight excluding hydrogens is 178 g/mol. The van der Waals surface area contributed by atoms with Crippen molar-refractivity contribution in [2.75, 3.05) is 13.3 Å². The van der Waals surface area contributed by atoms with Gasteiger partial charge in [0.1, 0.15) is 0 Å². The third kappa shape index (κ3) is 1.34. The normalized spacial score (nSPS) is 13.4. The van der Waals surface area contributed by atoms with Crippen LogP contribution < -0.4 is 15.2 Å². The minimum atomic E-state index is 0.335. The van der Waals surface area contributed by atoms with Crippen LogP contribution in [0.2, 0.25) is 0 Å². The lowest BCUT2D eigenvalue weighted by molar-refractivity contribution is 0.173. The second kappa shape index (κ2) is 3.50. The summed E-state index contributed by atoms with van der Waals surface area (Å²) >= 11 is 0. The Morgan fingerprint density at radius 1 is 1.29 bits per heavy atom. The van der Waals surface area contributed by atoms with Crippen LogP contribution in [-0.4, -0.2) is 13.3 Å². The second-order valence-corrected chi connectivity index (χ2v) is 3.56. The molecule has 0 aromatic heterocycles. The lowest BCUT2D eigenvalue weighted by atomic mass is 9.99. The van der Waals surface area contributed by atoms with Crippen molar-refractivity contribution in [2.45, 2.75) is 20.3 Å². The predicted octanol–water partition coefficient (Wildman–Crippen LogP) is 1.53. The maximum Gasteiger partial charge on any atom is 0.231 e. The lowest BCUT2D eigenvalue weighted by Gasteiger charge is -2.10. The van der Waals surface area contributed by atoms with E-state index in [0.29, 0.717) is 13.3 Å². The summed E-state index contributed by atoms with van der Waals surface area (Å²) in [6, 6.07) is 2.04. The Hall–Kier alpha value is -1.22. The number of ether oxygens (including phenoxy) is 2. The average Bonchev–Trinajstić information content (AvgIpc) is 2.62. The van der Waals surface area contributed by atoms with Crippen LogP contribution in [0.3, 0.4) is 0 Å². The summed E-state index contributed by atoms with van der Waals surface area (Å²) in [5, 5.41) is 0. The molecule has 1 aromatic rings. The zero-order chi connectivity index (χ0) is 10.1. The quantitative estimate of drug-likeness (QED) is 0.774. The Labute approximate surface area is 83.8 Å². The Bertz CT molecular complexity index is 361. The summed E-state index contributed by atoms with van der Waals surface area (Å²) in [6.07, 6.45) is 0.892. The zero-order valence-corrected chi connectivity index (χ0v) is 8.59. The van der Waals surface area contributed by atoms with Gasteiger partial charge in [-0.25, -0.2) is 0 Å². The second-order valence-electron chi connectivity index (χ2n) is 3.56. The standard InChI is InChI=1S/C11H15NO2/c1-7-8(2)11-10(13-6-14-11)5-9(7)3-4-12/h5H,3-4,6,12H2,1-2H3. The molecular formula is C11H15NO2. The van der Waals surface area contributed by atoms with Gasteiger partial charge in [0.05, 0.1) is 0 Å². The van der Waals surface area contributed by atoms with Crippen molar-refractivity contribution in [3.63, 3.8) is 0 Å². The van der Waals surface area contributed by atoms with Crippen LogP contribution in [0.1, 0.15) is 16.7 Å². The molecule has 0 aliphatic carbocycles. The maximum atomic E-state index is 5.55. The molecule has 0 bridgehead atoms. The van der Waals surface area contributed by atoms with Gasteiger partial charge in [-0.3, -0.25) is 0 Å². The van der Waals surface area contributed by atoms with E-state index in [9.17, 15) is 0 Å². The molecule has 1 aliphatic rings. The van der Waals surface area contributed by atoms with Crippen molar-refractivity contribution in [1.82, 2.24) is 0 Å². The SMILES string of the molecule is Cc1c(CCN)cc2c(c1C)OCO2. The van der Waals surface area contributed by atoms with Gasteiger partial charge in [0, 0.05) is 0 Å². The van der Waals surface area contributed by atoms with Crippen LogP contribution in [0.4, 0.5) is 0 Å². The van der Waals surface area contributed by atoms with Crippen LogP contribution in [0.15, 0.2) is 6.07 Å². The first-order valence-electron chi connectivity index (χ1n) is 4.82. The topological polar surface area (TPSA) is 44.5 Å². The molecule has 0 amide bonds. The molecule has 0 radical (unpaired) electrons. The van der Waals surface area contributed by atoms with Crippen molar-refractivity contribution in [2.24, 2.45) is 5.73 Å². The fraction of sp³-hybridized carbons (Fsp3) is 0.455. The van der Waals surface area contributed by atoms with Gasteiger partial charge in [-0.2, -0.15) is 0 Å². The van der Waals surface area contributed by atoms with E-state index in [1.807, 2.05) is 6.07 Å². The van der Waals surface area contributed by atoms with Crippen molar-refractivity contribution in [3.8, 4) is 11.5 Å². The Morgan fingerprint density at radius 3 is 2.79 bits per heavy atom. The molecule has 0 saturated carbocycles. The van der Waals surface area contributed by atoms with Crippen molar-refractivity contribution < 1.29 is 9.47 Å². The third-order valence-corrected chi connectivity index (χ3v) is 2.75. The summed E-state index contributed by atoms with van der Waals surface area (Å²) in [6.45, 7) is 5.16. The fourth-order valence-electron chi connectivity index (χ4n) is 1.78. The largest absolute Gasteiger partial charge is 0.454 e. The molecule has 3 nitrogen and oxygen atoms in total. The molecule has 0 fully saturated rings. The molecule has 0 spiro atoms. The van der Waals surface area contributed by atoms with E-state index in [1.165, 1.54) is 16.7 Å². The van der Waals surface area contributed by atoms with Crippen LogP contribution in [-0.2, 0) is 6.42 Å².